The molecule has 1 fully saturated rings. The van der Waals surface area contributed by atoms with Gasteiger partial charge in [-0.2, -0.15) is 0 Å². The van der Waals surface area contributed by atoms with E-state index in [1.165, 1.54) is 0 Å². The molecule has 6 heteroatoms. The zero-order valence-electron chi connectivity index (χ0n) is 31.1. The van der Waals surface area contributed by atoms with E-state index in [0.29, 0.717) is 38.0 Å². The number of aliphatic hydroxyl groups excluding tert-OH is 1. The molecule has 5 aromatic carbocycles. The van der Waals surface area contributed by atoms with Crippen LogP contribution in [0.1, 0.15) is 58.8 Å². The predicted molar refractivity (Wildman–Crippen MR) is 213 cm³/mol. The molecule has 6 nitrogen and oxygen atoms in total. The minimum absolute atomic E-state index is 0.0228. The van der Waals surface area contributed by atoms with Crippen molar-refractivity contribution in [2.45, 2.75) is 56.7 Å². The van der Waals surface area contributed by atoms with Crippen LogP contribution in [0, 0.1) is 11.8 Å². The van der Waals surface area contributed by atoms with E-state index in [2.05, 4.69) is 43.0 Å². The number of carbonyl (C=O) groups excluding carboxylic acids is 1. The molecule has 0 spiro atoms. The first kappa shape index (κ1) is 38.5. The largest absolute Gasteiger partial charge is 0.497 e. The maximum absolute atomic E-state index is 13.2. The van der Waals surface area contributed by atoms with Gasteiger partial charge in [0, 0.05) is 5.92 Å². The molecule has 1 N–H and O–H groups in total. The van der Waals surface area contributed by atoms with Crippen molar-refractivity contribution < 1.29 is 28.8 Å². The first-order valence-corrected chi connectivity index (χ1v) is 18.7. The van der Waals surface area contributed by atoms with Crippen LogP contribution in [0.25, 0.3) is 0 Å². The van der Waals surface area contributed by atoms with E-state index < -0.39 is 11.7 Å². The first-order valence-electron chi connectivity index (χ1n) is 18.7. The van der Waals surface area contributed by atoms with Gasteiger partial charge in [-0.05, 0) is 78.6 Å². The van der Waals surface area contributed by atoms with Gasteiger partial charge in [0.15, 0.2) is 0 Å². The Morgan fingerprint density at radius 3 is 1.85 bits per heavy atom. The van der Waals surface area contributed by atoms with E-state index in [1.807, 2.05) is 110 Å². The summed E-state index contributed by atoms with van der Waals surface area (Å²) in [6.45, 7) is 6.87. The van der Waals surface area contributed by atoms with Crippen LogP contribution in [0.3, 0.4) is 0 Å². The summed E-state index contributed by atoms with van der Waals surface area (Å²) < 4.78 is 24.9. The monoisotopic (exact) mass is 722 g/mol. The lowest BCUT2D eigenvalue weighted by atomic mass is 9.68. The Bertz CT molecular complexity index is 1830. The van der Waals surface area contributed by atoms with E-state index in [-0.39, 0.29) is 30.0 Å². The average molecular weight is 723 g/mol. The molecule has 0 amide bonds. The summed E-state index contributed by atoms with van der Waals surface area (Å²) in [4.78, 5) is 13.2. The highest BCUT2D eigenvalue weighted by molar-refractivity contribution is 5.89. The molecule has 5 atom stereocenters. The van der Waals surface area contributed by atoms with Crippen molar-refractivity contribution in [1.82, 2.24) is 0 Å². The SMILES string of the molecule is C=C(C)C[C@@H](/C=C/C(O)C[C@@H]1[C@H](COC(c2ccccc2)(c2ccccc2)c2ccccc2)C[C@@H]1OC(=O)c1ccccc1)OCc1ccc(OC)cc1. The Labute approximate surface area is 319 Å². The van der Waals surface area contributed by atoms with Gasteiger partial charge in [-0.3, -0.25) is 0 Å². The number of aliphatic hydroxyl groups is 1. The maximum Gasteiger partial charge on any atom is 0.338 e. The van der Waals surface area contributed by atoms with E-state index in [4.69, 9.17) is 18.9 Å². The van der Waals surface area contributed by atoms with Gasteiger partial charge in [-0.25, -0.2) is 4.79 Å². The Morgan fingerprint density at radius 2 is 1.33 bits per heavy atom. The summed E-state index contributed by atoms with van der Waals surface area (Å²) in [5.74, 6) is 0.307. The van der Waals surface area contributed by atoms with E-state index in [0.717, 1.165) is 33.6 Å². The molecule has 0 heterocycles. The molecule has 0 aliphatic heterocycles. The number of esters is 1. The number of ether oxygens (including phenoxy) is 4. The fraction of sp³-hybridized carbons (Fsp3) is 0.271. The second kappa shape index (κ2) is 18.7. The number of methoxy groups -OCH3 is 1. The zero-order valence-corrected chi connectivity index (χ0v) is 31.1. The molecule has 0 aromatic heterocycles. The lowest BCUT2D eigenvalue weighted by molar-refractivity contribution is -0.113. The van der Waals surface area contributed by atoms with Gasteiger partial charge in [0.1, 0.15) is 17.5 Å². The Hall–Kier alpha value is -5.27. The van der Waals surface area contributed by atoms with Crippen LogP contribution in [0.4, 0.5) is 0 Å². The van der Waals surface area contributed by atoms with Crippen molar-refractivity contribution in [3.63, 3.8) is 0 Å². The second-order valence-corrected chi connectivity index (χ2v) is 14.1. The standard InChI is InChI=1S/C48H50O6/c1-35(2)30-44(52-33-36-24-27-43(51-3)28-25-36)29-26-42(49)32-45-38(31-46(45)54-47(50)37-16-8-4-9-17-37)34-53-48(39-18-10-5-11-19-39,40-20-12-6-13-21-40)41-22-14-7-15-23-41/h4-29,38,42,44-46,49H,1,30-34H2,2-3H3/b29-26+/t38-,42?,44+,45+,46-/m0/s1. The first-order chi connectivity index (χ1) is 26.4. The zero-order chi connectivity index (χ0) is 37.8. The van der Waals surface area contributed by atoms with Gasteiger partial charge in [0.2, 0.25) is 0 Å². The number of hydrogen-bond acceptors (Lipinski definition) is 6. The number of hydrogen-bond donors (Lipinski definition) is 1. The number of benzene rings is 5. The minimum Gasteiger partial charge on any atom is -0.497 e. The second-order valence-electron chi connectivity index (χ2n) is 14.1. The lowest BCUT2D eigenvalue weighted by Crippen LogP contribution is -2.49. The van der Waals surface area contributed by atoms with Gasteiger partial charge >= 0.3 is 5.97 Å². The number of rotatable bonds is 18. The summed E-state index contributed by atoms with van der Waals surface area (Å²) in [6, 6.07) is 47.7. The van der Waals surface area contributed by atoms with Crippen LogP contribution in [0.2, 0.25) is 0 Å². The van der Waals surface area contributed by atoms with Crippen LogP contribution < -0.4 is 4.74 Å². The summed E-state index contributed by atoms with van der Waals surface area (Å²) >= 11 is 0. The smallest absolute Gasteiger partial charge is 0.338 e. The molecule has 54 heavy (non-hydrogen) atoms. The molecule has 5 aromatic rings. The molecule has 1 unspecified atom stereocenters. The van der Waals surface area contributed by atoms with Crippen LogP contribution >= 0.6 is 0 Å². The normalized spacial score (nSPS) is 18.0. The molecule has 1 saturated carbocycles. The van der Waals surface area contributed by atoms with Gasteiger partial charge in [0.25, 0.3) is 0 Å². The van der Waals surface area contributed by atoms with E-state index in [1.54, 1.807) is 25.3 Å². The molecular formula is C48H50O6. The topological polar surface area (TPSA) is 74.2 Å². The molecule has 1 aliphatic rings. The van der Waals surface area contributed by atoms with Crippen molar-refractivity contribution in [1.29, 1.82) is 0 Å². The molecule has 0 saturated heterocycles. The fourth-order valence-corrected chi connectivity index (χ4v) is 7.27. The van der Waals surface area contributed by atoms with Crippen LogP contribution in [-0.4, -0.2) is 43.1 Å². The molecule has 1 aliphatic carbocycles. The van der Waals surface area contributed by atoms with Crippen LogP contribution in [0.5, 0.6) is 5.75 Å². The van der Waals surface area contributed by atoms with Crippen molar-refractivity contribution in [3.05, 3.63) is 198 Å². The highest BCUT2D eigenvalue weighted by Crippen LogP contribution is 2.45. The number of carbonyl (C=O) groups is 1. The fourth-order valence-electron chi connectivity index (χ4n) is 7.27. The third-order valence-corrected chi connectivity index (χ3v) is 10.2. The third kappa shape index (κ3) is 9.63. The van der Waals surface area contributed by atoms with Gasteiger partial charge in [-0.15, -0.1) is 6.58 Å². The van der Waals surface area contributed by atoms with Crippen molar-refractivity contribution in [2.24, 2.45) is 11.8 Å². The Morgan fingerprint density at radius 1 is 0.796 bits per heavy atom. The molecule has 6 rings (SSSR count). The molecule has 278 valence electrons. The highest BCUT2D eigenvalue weighted by atomic mass is 16.5. The van der Waals surface area contributed by atoms with Gasteiger partial charge in [0.05, 0.1) is 38.1 Å². The minimum atomic E-state index is -0.879. The van der Waals surface area contributed by atoms with Crippen molar-refractivity contribution in [2.75, 3.05) is 13.7 Å². The van der Waals surface area contributed by atoms with E-state index >= 15 is 0 Å². The van der Waals surface area contributed by atoms with Crippen LogP contribution in [-0.2, 0) is 26.4 Å². The molecular weight excluding hydrogens is 673 g/mol. The summed E-state index contributed by atoms with van der Waals surface area (Å²) in [5, 5.41) is 11.5. The summed E-state index contributed by atoms with van der Waals surface area (Å²) in [7, 11) is 1.65. The van der Waals surface area contributed by atoms with Gasteiger partial charge in [-0.1, -0.05) is 139 Å². The maximum atomic E-state index is 13.2. The van der Waals surface area contributed by atoms with Gasteiger partial charge < -0.3 is 24.1 Å². The molecule has 0 bridgehead atoms. The van der Waals surface area contributed by atoms with Crippen molar-refractivity contribution in [3.8, 4) is 5.75 Å². The average Bonchev–Trinajstić information content (AvgIpc) is 3.21. The van der Waals surface area contributed by atoms with E-state index in [9.17, 15) is 9.90 Å². The lowest BCUT2D eigenvalue weighted by Gasteiger charge is -2.46. The highest BCUT2D eigenvalue weighted by Gasteiger charge is 2.47. The Kier molecular flexibility index (Phi) is 13.3. The summed E-state index contributed by atoms with van der Waals surface area (Å²) in [5.41, 5.74) is 4.69. The third-order valence-electron chi connectivity index (χ3n) is 10.2. The molecule has 0 radical (unpaired) electrons. The Balaban J connectivity index is 1.22. The quantitative estimate of drug-likeness (QED) is 0.0552. The summed E-state index contributed by atoms with van der Waals surface area (Å²) in [6.07, 6.45) is 3.93. The predicted octanol–water partition coefficient (Wildman–Crippen LogP) is 9.72. The van der Waals surface area contributed by atoms with Crippen molar-refractivity contribution >= 4 is 5.97 Å². The van der Waals surface area contributed by atoms with Crippen LogP contribution in [0.15, 0.2) is 170 Å².